The molecule has 1 aromatic carbocycles. The first-order valence-corrected chi connectivity index (χ1v) is 7.21. The van der Waals surface area contributed by atoms with Crippen LogP contribution in [0, 0.1) is 0 Å². The second-order valence-corrected chi connectivity index (χ2v) is 5.39. The third-order valence-corrected chi connectivity index (χ3v) is 3.71. The molecule has 0 unspecified atom stereocenters. The number of piperazine rings is 1. The Morgan fingerprint density at radius 3 is 2.43 bits per heavy atom. The highest BCUT2D eigenvalue weighted by molar-refractivity contribution is 5.85. The summed E-state index contributed by atoms with van der Waals surface area (Å²) in [5.41, 5.74) is 0.0256. The first-order valence-electron chi connectivity index (χ1n) is 7.21. The van der Waals surface area contributed by atoms with Gasteiger partial charge < -0.3 is 10.2 Å². The second kappa shape index (κ2) is 8.52. The summed E-state index contributed by atoms with van der Waals surface area (Å²) in [6, 6.07) is 5.41. The molecule has 0 radical (unpaired) electrons. The number of benzene rings is 1. The first kappa shape index (κ1) is 19.7. The van der Waals surface area contributed by atoms with E-state index in [1.54, 1.807) is 18.0 Å². The highest BCUT2D eigenvalue weighted by Crippen LogP contribution is 2.29. The van der Waals surface area contributed by atoms with Crippen molar-refractivity contribution in [3.8, 4) is 0 Å². The predicted molar refractivity (Wildman–Crippen MR) is 84.5 cm³/mol. The molecule has 4 nitrogen and oxygen atoms in total. The largest absolute Gasteiger partial charge is 0.416 e. The van der Waals surface area contributed by atoms with Crippen molar-refractivity contribution < 1.29 is 18.0 Å². The van der Waals surface area contributed by atoms with Crippen LogP contribution in [0.4, 0.5) is 13.2 Å². The van der Waals surface area contributed by atoms with Gasteiger partial charge in [0, 0.05) is 32.7 Å². The standard InChI is InChI=1S/C15H20F3N3O.ClH/c1-19-10-14(22)21-7-5-20(6-8-21)11-12-3-2-4-13(9-12)15(16,17)18;/h2-4,9,19H,5-8,10-11H2,1H3;1H. The third kappa shape index (κ3) is 5.67. The summed E-state index contributed by atoms with van der Waals surface area (Å²) >= 11 is 0. The maximum atomic E-state index is 12.7. The van der Waals surface area contributed by atoms with Crippen molar-refractivity contribution in [2.45, 2.75) is 12.7 Å². The number of carbonyl (C=O) groups is 1. The molecule has 0 aromatic heterocycles. The summed E-state index contributed by atoms with van der Waals surface area (Å²) < 4.78 is 38.1. The molecular weight excluding hydrogens is 331 g/mol. The average Bonchev–Trinajstić information content (AvgIpc) is 2.48. The van der Waals surface area contributed by atoms with E-state index in [0.29, 0.717) is 44.8 Å². The van der Waals surface area contributed by atoms with Crippen LogP contribution in [-0.4, -0.2) is 55.5 Å². The third-order valence-electron chi connectivity index (χ3n) is 3.71. The zero-order chi connectivity index (χ0) is 16.2. The van der Waals surface area contributed by atoms with Gasteiger partial charge in [0.2, 0.25) is 5.91 Å². The Morgan fingerprint density at radius 2 is 1.87 bits per heavy atom. The topological polar surface area (TPSA) is 35.6 Å². The number of hydrogen-bond acceptors (Lipinski definition) is 3. The van der Waals surface area contributed by atoms with Crippen molar-refractivity contribution >= 4 is 18.3 Å². The van der Waals surface area contributed by atoms with E-state index in [2.05, 4.69) is 10.2 Å². The number of hydrogen-bond donors (Lipinski definition) is 1. The number of halogens is 4. The Kier molecular flexibility index (Phi) is 7.31. The van der Waals surface area contributed by atoms with Crippen molar-refractivity contribution in [2.24, 2.45) is 0 Å². The van der Waals surface area contributed by atoms with Crippen LogP contribution in [0.5, 0.6) is 0 Å². The van der Waals surface area contributed by atoms with Gasteiger partial charge in [0.1, 0.15) is 0 Å². The van der Waals surface area contributed by atoms with Gasteiger partial charge in [-0.2, -0.15) is 13.2 Å². The molecule has 1 aromatic rings. The van der Waals surface area contributed by atoms with Crippen LogP contribution in [0.3, 0.4) is 0 Å². The molecule has 0 aliphatic carbocycles. The summed E-state index contributed by atoms with van der Waals surface area (Å²) in [4.78, 5) is 15.6. The number of nitrogens with one attached hydrogen (secondary N) is 1. The van der Waals surface area contributed by atoms with E-state index in [1.165, 1.54) is 12.1 Å². The SMILES string of the molecule is CNCC(=O)N1CCN(Cc2cccc(C(F)(F)F)c2)CC1.Cl. The monoisotopic (exact) mass is 351 g/mol. The van der Waals surface area contributed by atoms with E-state index in [1.807, 2.05) is 0 Å². The first-order chi connectivity index (χ1) is 10.4. The zero-order valence-electron chi connectivity index (χ0n) is 12.9. The summed E-state index contributed by atoms with van der Waals surface area (Å²) in [5.74, 6) is 0.0567. The number of rotatable bonds is 4. The molecule has 0 bridgehead atoms. The highest BCUT2D eigenvalue weighted by atomic mass is 35.5. The van der Waals surface area contributed by atoms with Crippen molar-refractivity contribution in [1.82, 2.24) is 15.1 Å². The van der Waals surface area contributed by atoms with E-state index in [9.17, 15) is 18.0 Å². The summed E-state index contributed by atoms with van der Waals surface area (Å²) in [7, 11) is 1.72. The van der Waals surface area contributed by atoms with Gasteiger partial charge in [-0.3, -0.25) is 9.69 Å². The minimum atomic E-state index is -4.31. The van der Waals surface area contributed by atoms with Gasteiger partial charge >= 0.3 is 6.18 Å². The Labute approximate surface area is 140 Å². The van der Waals surface area contributed by atoms with Crippen LogP contribution in [0.25, 0.3) is 0 Å². The van der Waals surface area contributed by atoms with Gasteiger partial charge in [0.05, 0.1) is 12.1 Å². The van der Waals surface area contributed by atoms with Crippen LogP contribution in [-0.2, 0) is 17.5 Å². The summed E-state index contributed by atoms with van der Waals surface area (Å²) in [6.45, 7) is 3.35. The molecule has 1 heterocycles. The number of alkyl halides is 3. The number of nitrogens with zero attached hydrogens (tertiary/aromatic N) is 2. The van der Waals surface area contributed by atoms with Gasteiger partial charge in [-0.1, -0.05) is 18.2 Å². The van der Waals surface area contributed by atoms with Crippen LogP contribution < -0.4 is 5.32 Å². The molecule has 1 aliphatic heterocycles. The summed E-state index contributed by atoms with van der Waals surface area (Å²) in [6.07, 6.45) is -4.31. The normalized spacial score (nSPS) is 16.1. The molecule has 8 heteroatoms. The fraction of sp³-hybridized carbons (Fsp3) is 0.533. The van der Waals surface area contributed by atoms with Crippen LogP contribution >= 0.6 is 12.4 Å². The van der Waals surface area contributed by atoms with E-state index < -0.39 is 11.7 Å². The Hall–Kier alpha value is -1.31. The van der Waals surface area contributed by atoms with Crippen molar-refractivity contribution in [3.63, 3.8) is 0 Å². The molecular formula is C15H21ClF3N3O. The quantitative estimate of drug-likeness (QED) is 0.901. The summed E-state index contributed by atoms with van der Waals surface area (Å²) in [5, 5.41) is 2.82. The highest BCUT2D eigenvalue weighted by Gasteiger charge is 2.30. The van der Waals surface area contributed by atoms with E-state index in [0.717, 1.165) is 6.07 Å². The van der Waals surface area contributed by atoms with E-state index in [4.69, 9.17) is 0 Å². The lowest BCUT2D eigenvalue weighted by molar-refractivity contribution is -0.137. The number of carbonyl (C=O) groups excluding carboxylic acids is 1. The van der Waals surface area contributed by atoms with E-state index in [-0.39, 0.29) is 18.3 Å². The van der Waals surface area contributed by atoms with Gasteiger partial charge in [-0.15, -0.1) is 12.4 Å². The maximum absolute atomic E-state index is 12.7. The van der Waals surface area contributed by atoms with Crippen LogP contribution in [0.15, 0.2) is 24.3 Å². The minimum absolute atomic E-state index is 0. The molecule has 0 atom stereocenters. The molecule has 0 saturated carbocycles. The fourth-order valence-corrected chi connectivity index (χ4v) is 2.52. The van der Waals surface area contributed by atoms with E-state index >= 15 is 0 Å². The van der Waals surface area contributed by atoms with Crippen molar-refractivity contribution in [3.05, 3.63) is 35.4 Å². The average molecular weight is 352 g/mol. The molecule has 2 rings (SSSR count). The van der Waals surface area contributed by atoms with Crippen LogP contribution in [0.1, 0.15) is 11.1 Å². The van der Waals surface area contributed by atoms with Gasteiger partial charge in [-0.05, 0) is 18.7 Å². The number of amides is 1. The lowest BCUT2D eigenvalue weighted by atomic mass is 10.1. The van der Waals surface area contributed by atoms with Crippen molar-refractivity contribution in [2.75, 3.05) is 39.8 Å². The second-order valence-electron chi connectivity index (χ2n) is 5.39. The van der Waals surface area contributed by atoms with Crippen LogP contribution in [0.2, 0.25) is 0 Å². The lowest BCUT2D eigenvalue weighted by Gasteiger charge is -2.34. The molecule has 23 heavy (non-hydrogen) atoms. The number of likely N-dealkylation sites (N-methyl/N-ethyl adjacent to an activating group) is 1. The smallest absolute Gasteiger partial charge is 0.339 e. The maximum Gasteiger partial charge on any atom is 0.416 e. The lowest BCUT2D eigenvalue weighted by Crippen LogP contribution is -2.50. The molecule has 1 amide bonds. The van der Waals surface area contributed by atoms with Gasteiger partial charge in [0.25, 0.3) is 0 Å². The molecule has 1 saturated heterocycles. The molecule has 0 spiro atoms. The predicted octanol–water partition coefficient (Wildman–Crippen LogP) is 1.99. The molecule has 1 N–H and O–H groups in total. The van der Waals surface area contributed by atoms with Crippen molar-refractivity contribution in [1.29, 1.82) is 0 Å². The van der Waals surface area contributed by atoms with Gasteiger partial charge in [0.15, 0.2) is 0 Å². The minimum Gasteiger partial charge on any atom is -0.339 e. The fourth-order valence-electron chi connectivity index (χ4n) is 2.52. The Morgan fingerprint density at radius 1 is 1.22 bits per heavy atom. The Bertz CT molecular complexity index is 517. The molecule has 1 fully saturated rings. The molecule has 130 valence electrons. The van der Waals surface area contributed by atoms with Gasteiger partial charge in [-0.25, -0.2) is 0 Å². The Balaban J connectivity index is 0.00000264. The molecule has 1 aliphatic rings. The zero-order valence-corrected chi connectivity index (χ0v) is 13.7.